The van der Waals surface area contributed by atoms with E-state index in [0.717, 1.165) is 70.3 Å². The third-order valence-electron chi connectivity index (χ3n) is 7.76. The third kappa shape index (κ3) is 6.34. The number of likely N-dealkylation sites (tertiary alicyclic amines) is 3. The van der Waals surface area contributed by atoms with Gasteiger partial charge in [0.05, 0.1) is 18.2 Å². The Morgan fingerprint density at radius 1 is 0.970 bits per heavy atom. The molecule has 1 unspecified atom stereocenters. The molecule has 3 saturated heterocycles. The van der Waals surface area contributed by atoms with Gasteiger partial charge in [-0.3, -0.25) is 9.89 Å². The second-order valence-corrected chi connectivity index (χ2v) is 10.1. The maximum Gasteiger partial charge on any atom is 0.189 e. The van der Waals surface area contributed by atoms with Crippen molar-refractivity contribution >= 4 is 5.84 Å². The zero-order chi connectivity index (χ0) is 23.0. The van der Waals surface area contributed by atoms with E-state index in [0.29, 0.717) is 5.92 Å². The van der Waals surface area contributed by atoms with Crippen molar-refractivity contribution in [2.24, 2.45) is 16.8 Å². The lowest BCUT2D eigenvalue weighted by Crippen LogP contribution is -2.45. The molecule has 3 heterocycles. The summed E-state index contributed by atoms with van der Waals surface area (Å²) < 4.78 is 0. The van der Waals surface area contributed by atoms with E-state index in [1.54, 1.807) is 0 Å². The summed E-state index contributed by atoms with van der Waals surface area (Å²) in [7, 11) is 0. The maximum atomic E-state index is 9.64. The van der Waals surface area contributed by atoms with Crippen LogP contribution in [0.1, 0.15) is 51.0 Å². The highest BCUT2D eigenvalue weighted by Gasteiger charge is 2.30. The summed E-state index contributed by atoms with van der Waals surface area (Å²) in [5.41, 5.74) is 1.35. The number of rotatable bonds is 6. The van der Waals surface area contributed by atoms with Crippen molar-refractivity contribution in [3.63, 3.8) is 0 Å². The summed E-state index contributed by atoms with van der Waals surface area (Å²) in [6.07, 6.45) is 6.88. The molecule has 0 saturated carbocycles. The van der Waals surface area contributed by atoms with E-state index in [9.17, 15) is 10.5 Å². The van der Waals surface area contributed by atoms with Crippen LogP contribution in [-0.4, -0.2) is 71.9 Å². The number of hydrogen-bond donors (Lipinski definition) is 0. The van der Waals surface area contributed by atoms with Gasteiger partial charge in [0.2, 0.25) is 0 Å². The fraction of sp³-hybridized carbons (Fsp3) is 0.667. The fourth-order valence-electron chi connectivity index (χ4n) is 5.66. The molecule has 0 aromatic heterocycles. The molecule has 6 nitrogen and oxygen atoms in total. The van der Waals surface area contributed by atoms with Crippen LogP contribution in [0.4, 0.5) is 0 Å². The predicted molar refractivity (Wildman–Crippen MR) is 131 cm³/mol. The highest BCUT2D eigenvalue weighted by atomic mass is 15.2. The van der Waals surface area contributed by atoms with Gasteiger partial charge in [0, 0.05) is 45.3 Å². The van der Waals surface area contributed by atoms with E-state index in [1.807, 2.05) is 0 Å². The predicted octanol–water partition coefficient (Wildman–Crippen LogP) is 3.91. The Hall–Kier alpha value is -2.41. The number of piperidine rings is 2. The monoisotopic (exact) mass is 446 g/mol. The maximum absolute atomic E-state index is 9.64. The number of nitrogens with zero attached hydrogens (tertiary/aromatic N) is 6. The lowest BCUT2D eigenvalue weighted by atomic mass is 9.94. The smallest absolute Gasteiger partial charge is 0.189 e. The first-order chi connectivity index (χ1) is 16.2. The Morgan fingerprint density at radius 3 is 2.27 bits per heavy atom. The lowest BCUT2D eigenvalue weighted by molar-refractivity contribution is 0.172. The van der Waals surface area contributed by atoms with Crippen LogP contribution in [0.15, 0.2) is 35.3 Å². The quantitative estimate of drug-likeness (QED) is 0.489. The number of hydrogen-bond acceptors (Lipinski definition) is 5. The first-order valence-corrected chi connectivity index (χ1v) is 12.8. The van der Waals surface area contributed by atoms with Crippen LogP contribution < -0.4 is 0 Å². The molecule has 4 rings (SSSR count). The van der Waals surface area contributed by atoms with Crippen LogP contribution in [0.3, 0.4) is 0 Å². The molecule has 3 fully saturated rings. The molecule has 3 aliphatic heterocycles. The summed E-state index contributed by atoms with van der Waals surface area (Å²) in [6.45, 7) is 9.61. The molecule has 0 N–H and O–H groups in total. The Kier molecular flexibility index (Phi) is 8.37. The molecule has 176 valence electrons. The van der Waals surface area contributed by atoms with E-state index in [1.165, 1.54) is 31.5 Å². The molecule has 6 heteroatoms. The van der Waals surface area contributed by atoms with Gasteiger partial charge in [-0.2, -0.15) is 10.5 Å². The lowest BCUT2D eigenvalue weighted by Gasteiger charge is -2.37. The van der Waals surface area contributed by atoms with Gasteiger partial charge < -0.3 is 9.80 Å². The minimum Gasteiger partial charge on any atom is -0.358 e. The van der Waals surface area contributed by atoms with E-state index in [2.05, 4.69) is 64.1 Å². The molecule has 0 radical (unpaired) electrons. The highest BCUT2D eigenvalue weighted by Crippen LogP contribution is 2.25. The Bertz CT molecular complexity index is 839. The number of aliphatic imine (C=N–C) groups is 1. The first kappa shape index (κ1) is 23.7. The van der Waals surface area contributed by atoms with Crippen molar-refractivity contribution in [3.05, 3.63) is 35.9 Å². The van der Waals surface area contributed by atoms with Crippen molar-refractivity contribution in [3.8, 4) is 12.1 Å². The minimum atomic E-state index is -0.762. The molecule has 0 amide bonds. The van der Waals surface area contributed by atoms with Crippen molar-refractivity contribution in [2.45, 2.75) is 64.1 Å². The molecular weight excluding hydrogens is 408 g/mol. The Morgan fingerprint density at radius 2 is 1.67 bits per heavy atom. The molecule has 33 heavy (non-hydrogen) atoms. The Balaban J connectivity index is 1.33. The molecule has 1 aromatic carbocycles. The molecule has 1 aromatic rings. The van der Waals surface area contributed by atoms with Crippen molar-refractivity contribution in [2.75, 3.05) is 39.3 Å². The van der Waals surface area contributed by atoms with Crippen molar-refractivity contribution in [1.29, 1.82) is 10.5 Å². The number of amidine groups is 1. The van der Waals surface area contributed by atoms with Crippen LogP contribution in [0.2, 0.25) is 0 Å². The number of benzene rings is 1. The van der Waals surface area contributed by atoms with Gasteiger partial charge in [-0.25, -0.2) is 0 Å². The topological polar surface area (TPSA) is 69.7 Å². The van der Waals surface area contributed by atoms with Crippen LogP contribution >= 0.6 is 0 Å². The van der Waals surface area contributed by atoms with Gasteiger partial charge in [0.15, 0.2) is 5.92 Å². The first-order valence-electron chi connectivity index (χ1n) is 12.8. The SMILES string of the molecule is CC1CCCN1CC1CCN(C(=NC2CCN(Cc3ccccc3)CC2)C(C#N)C#N)CC1. The van der Waals surface area contributed by atoms with E-state index in [-0.39, 0.29) is 6.04 Å². The van der Waals surface area contributed by atoms with E-state index >= 15 is 0 Å². The third-order valence-corrected chi connectivity index (χ3v) is 7.76. The second kappa shape index (κ2) is 11.6. The summed E-state index contributed by atoms with van der Waals surface area (Å²) in [5.74, 6) is 0.684. The van der Waals surface area contributed by atoms with Gasteiger partial charge in [-0.05, 0) is 63.5 Å². The minimum absolute atomic E-state index is 0.208. The van der Waals surface area contributed by atoms with Gasteiger partial charge >= 0.3 is 0 Å². The van der Waals surface area contributed by atoms with Gasteiger partial charge in [-0.15, -0.1) is 0 Å². The largest absolute Gasteiger partial charge is 0.358 e. The molecule has 0 aliphatic carbocycles. The summed E-state index contributed by atoms with van der Waals surface area (Å²) in [5, 5.41) is 19.3. The average Bonchev–Trinajstić information content (AvgIpc) is 3.25. The fourth-order valence-corrected chi connectivity index (χ4v) is 5.66. The van der Waals surface area contributed by atoms with Crippen LogP contribution in [0.5, 0.6) is 0 Å². The van der Waals surface area contributed by atoms with Crippen molar-refractivity contribution in [1.82, 2.24) is 14.7 Å². The normalized spacial score (nSPS) is 24.2. The van der Waals surface area contributed by atoms with Crippen LogP contribution in [0, 0.1) is 34.5 Å². The average molecular weight is 447 g/mol. The zero-order valence-electron chi connectivity index (χ0n) is 20.1. The second-order valence-electron chi connectivity index (χ2n) is 10.1. The standard InChI is InChI=1S/C27H38N6/c1-22-6-5-13-33(22)21-24-9-16-32(17-10-24)27(25(18-28)19-29)30-26-11-14-31(15-12-26)20-23-7-3-2-4-8-23/h2-4,7-8,22,24-26H,5-6,9-17,20-21H2,1H3. The Labute approximate surface area is 199 Å². The summed E-state index contributed by atoms with van der Waals surface area (Å²) in [4.78, 5) is 12.4. The van der Waals surface area contributed by atoms with Crippen LogP contribution in [-0.2, 0) is 6.54 Å². The van der Waals surface area contributed by atoms with Crippen LogP contribution in [0.25, 0.3) is 0 Å². The highest BCUT2D eigenvalue weighted by molar-refractivity contribution is 5.89. The zero-order valence-corrected chi connectivity index (χ0v) is 20.1. The molecular formula is C27H38N6. The van der Waals surface area contributed by atoms with E-state index in [4.69, 9.17) is 4.99 Å². The van der Waals surface area contributed by atoms with Gasteiger partial charge in [0.25, 0.3) is 0 Å². The summed E-state index contributed by atoms with van der Waals surface area (Å²) in [6, 6.07) is 15.9. The van der Waals surface area contributed by atoms with Gasteiger partial charge in [-0.1, -0.05) is 30.3 Å². The van der Waals surface area contributed by atoms with Crippen molar-refractivity contribution < 1.29 is 0 Å². The molecule has 1 atom stereocenters. The number of nitriles is 2. The van der Waals surface area contributed by atoms with Gasteiger partial charge in [0.1, 0.15) is 5.84 Å². The molecule has 0 bridgehead atoms. The molecule has 3 aliphatic rings. The molecule has 0 spiro atoms. The van der Waals surface area contributed by atoms with E-state index < -0.39 is 5.92 Å². The summed E-state index contributed by atoms with van der Waals surface area (Å²) >= 11 is 0.